The number of rotatable bonds is 6. The van der Waals surface area contributed by atoms with E-state index in [1.54, 1.807) is 6.20 Å². The van der Waals surface area contributed by atoms with Gasteiger partial charge in [-0.1, -0.05) is 24.6 Å². The van der Waals surface area contributed by atoms with Crippen molar-refractivity contribution in [3.63, 3.8) is 0 Å². The minimum Gasteiger partial charge on any atom is -0.480 e. The summed E-state index contributed by atoms with van der Waals surface area (Å²) in [4.78, 5) is 20.0. The number of hydrogen-bond acceptors (Lipinski definition) is 4. The van der Waals surface area contributed by atoms with E-state index in [1.165, 1.54) is 5.56 Å². The minimum atomic E-state index is -0.747. The third-order valence-electron chi connectivity index (χ3n) is 5.01. The summed E-state index contributed by atoms with van der Waals surface area (Å²) >= 11 is 6.28. The Bertz CT molecular complexity index is 745. The van der Waals surface area contributed by atoms with E-state index in [1.807, 2.05) is 25.1 Å². The van der Waals surface area contributed by atoms with Crippen LogP contribution in [0.25, 0.3) is 10.9 Å². The van der Waals surface area contributed by atoms with E-state index in [0.717, 1.165) is 54.9 Å². The zero-order valence-corrected chi connectivity index (χ0v) is 15.2. The van der Waals surface area contributed by atoms with E-state index < -0.39 is 5.97 Å². The van der Waals surface area contributed by atoms with E-state index in [2.05, 4.69) is 20.9 Å². The molecule has 0 aliphatic carbocycles. The molecule has 5 nitrogen and oxygen atoms in total. The summed E-state index contributed by atoms with van der Waals surface area (Å²) in [6.07, 6.45) is 3.81. The predicted molar refractivity (Wildman–Crippen MR) is 99.9 cm³/mol. The standard InChI is InChI=1S/C19H24ClN3O2/c1-2-23(13-18(24)25)15-7-10-22(11-8-15)12-14-5-6-17(20)16-4-3-9-21-19(14)16/h3-6,9,15H,2,7-8,10-13H2,1H3,(H,24,25). The Morgan fingerprint density at radius 3 is 2.80 bits per heavy atom. The Balaban J connectivity index is 1.65. The number of carboxylic acid groups (broad SMARTS) is 1. The van der Waals surface area contributed by atoms with E-state index >= 15 is 0 Å². The molecule has 2 aromatic rings. The lowest BCUT2D eigenvalue weighted by molar-refractivity contribution is -0.139. The molecule has 0 radical (unpaired) electrons. The van der Waals surface area contributed by atoms with Crippen LogP contribution in [0.15, 0.2) is 30.5 Å². The summed E-state index contributed by atoms with van der Waals surface area (Å²) in [7, 11) is 0. The number of pyridine rings is 1. The molecular weight excluding hydrogens is 338 g/mol. The van der Waals surface area contributed by atoms with Gasteiger partial charge >= 0.3 is 5.97 Å². The number of piperidine rings is 1. The summed E-state index contributed by atoms with van der Waals surface area (Å²) in [6.45, 7) is 5.73. The van der Waals surface area contributed by atoms with Gasteiger partial charge in [-0.15, -0.1) is 0 Å². The average Bonchev–Trinajstić information content (AvgIpc) is 2.63. The maximum atomic E-state index is 11.0. The zero-order chi connectivity index (χ0) is 17.8. The lowest BCUT2D eigenvalue weighted by Crippen LogP contribution is -2.46. The van der Waals surface area contributed by atoms with Gasteiger partial charge in [0.25, 0.3) is 0 Å². The molecule has 1 N–H and O–H groups in total. The van der Waals surface area contributed by atoms with Gasteiger partial charge in [-0.2, -0.15) is 0 Å². The topological polar surface area (TPSA) is 56.7 Å². The fourth-order valence-corrected chi connectivity index (χ4v) is 3.90. The maximum Gasteiger partial charge on any atom is 0.317 e. The summed E-state index contributed by atoms with van der Waals surface area (Å²) in [6, 6.07) is 8.28. The van der Waals surface area contributed by atoms with Crippen molar-refractivity contribution in [2.45, 2.75) is 32.4 Å². The SMILES string of the molecule is CCN(CC(=O)O)C1CCN(Cc2ccc(Cl)c3cccnc23)CC1. The second-order valence-electron chi connectivity index (χ2n) is 6.57. The molecule has 1 aliphatic heterocycles. The van der Waals surface area contributed by atoms with Gasteiger partial charge in [-0.3, -0.25) is 19.6 Å². The molecule has 1 saturated heterocycles. The molecule has 0 bridgehead atoms. The van der Waals surface area contributed by atoms with Crippen molar-refractivity contribution in [3.8, 4) is 0 Å². The first-order valence-corrected chi connectivity index (χ1v) is 9.16. The van der Waals surface area contributed by atoms with Crippen molar-refractivity contribution in [1.82, 2.24) is 14.8 Å². The van der Waals surface area contributed by atoms with Crippen molar-refractivity contribution in [1.29, 1.82) is 0 Å². The summed E-state index contributed by atoms with van der Waals surface area (Å²) in [5.41, 5.74) is 2.16. The van der Waals surface area contributed by atoms with Crippen LogP contribution in [-0.2, 0) is 11.3 Å². The Labute approximate surface area is 153 Å². The molecule has 0 unspecified atom stereocenters. The molecule has 1 fully saturated rings. The van der Waals surface area contributed by atoms with Crippen LogP contribution in [0.5, 0.6) is 0 Å². The third kappa shape index (κ3) is 4.29. The lowest BCUT2D eigenvalue weighted by Gasteiger charge is -2.37. The highest BCUT2D eigenvalue weighted by Crippen LogP contribution is 2.26. The van der Waals surface area contributed by atoms with Gasteiger partial charge in [-0.05, 0) is 56.2 Å². The smallest absolute Gasteiger partial charge is 0.317 e. The number of likely N-dealkylation sites (N-methyl/N-ethyl adjacent to an activating group) is 1. The van der Waals surface area contributed by atoms with Crippen LogP contribution < -0.4 is 0 Å². The van der Waals surface area contributed by atoms with Crippen LogP contribution in [0.3, 0.4) is 0 Å². The normalized spacial score (nSPS) is 16.6. The number of carbonyl (C=O) groups is 1. The number of aliphatic carboxylic acids is 1. The van der Waals surface area contributed by atoms with Crippen LogP contribution in [0, 0.1) is 0 Å². The molecule has 6 heteroatoms. The molecule has 1 aromatic carbocycles. The van der Waals surface area contributed by atoms with Crippen molar-refractivity contribution in [2.24, 2.45) is 0 Å². The minimum absolute atomic E-state index is 0.132. The monoisotopic (exact) mass is 361 g/mol. The zero-order valence-electron chi connectivity index (χ0n) is 14.5. The molecule has 0 amide bonds. The molecule has 134 valence electrons. The van der Waals surface area contributed by atoms with Crippen LogP contribution >= 0.6 is 11.6 Å². The maximum absolute atomic E-state index is 11.0. The molecule has 1 aromatic heterocycles. The number of hydrogen-bond donors (Lipinski definition) is 1. The molecule has 25 heavy (non-hydrogen) atoms. The number of aromatic nitrogens is 1. The second-order valence-corrected chi connectivity index (χ2v) is 6.98. The van der Waals surface area contributed by atoms with Crippen LogP contribution in [0.4, 0.5) is 0 Å². The number of likely N-dealkylation sites (tertiary alicyclic amines) is 1. The van der Waals surface area contributed by atoms with E-state index in [0.29, 0.717) is 6.04 Å². The second kappa shape index (κ2) is 8.13. The molecule has 0 spiro atoms. The van der Waals surface area contributed by atoms with Gasteiger partial charge in [0.2, 0.25) is 0 Å². The first kappa shape index (κ1) is 18.1. The van der Waals surface area contributed by atoms with Crippen molar-refractivity contribution in [2.75, 3.05) is 26.2 Å². The van der Waals surface area contributed by atoms with Gasteiger partial charge in [-0.25, -0.2) is 0 Å². The number of halogens is 1. The van der Waals surface area contributed by atoms with E-state index in [9.17, 15) is 4.79 Å². The van der Waals surface area contributed by atoms with Gasteiger partial charge in [0.05, 0.1) is 12.1 Å². The lowest BCUT2D eigenvalue weighted by atomic mass is 10.0. The Hall–Kier alpha value is -1.69. The number of carboxylic acids is 1. The van der Waals surface area contributed by atoms with Gasteiger partial charge in [0.15, 0.2) is 0 Å². The van der Waals surface area contributed by atoms with Gasteiger partial charge in [0.1, 0.15) is 0 Å². The molecule has 0 atom stereocenters. The van der Waals surface area contributed by atoms with Gasteiger partial charge < -0.3 is 5.11 Å². The highest BCUT2D eigenvalue weighted by molar-refractivity contribution is 6.35. The van der Waals surface area contributed by atoms with Gasteiger partial charge in [0, 0.05) is 29.2 Å². The summed E-state index contributed by atoms with van der Waals surface area (Å²) in [5, 5.41) is 10.8. The van der Waals surface area contributed by atoms with Crippen molar-refractivity contribution in [3.05, 3.63) is 41.0 Å². The predicted octanol–water partition coefficient (Wildman–Crippen LogP) is 3.26. The summed E-state index contributed by atoms with van der Waals surface area (Å²) < 4.78 is 0. The van der Waals surface area contributed by atoms with E-state index in [4.69, 9.17) is 16.7 Å². The van der Waals surface area contributed by atoms with Crippen LogP contribution in [0.2, 0.25) is 5.02 Å². The Kier molecular flexibility index (Phi) is 5.89. The third-order valence-corrected chi connectivity index (χ3v) is 5.34. The highest BCUT2D eigenvalue weighted by atomic mass is 35.5. The Morgan fingerprint density at radius 2 is 2.12 bits per heavy atom. The first-order chi connectivity index (χ1) is 12.1. The van der Waals surface area contributed by atoms with Crippen molar-refractivity contribution >= 4 is 28.5 Å². The highest BCUT2D eigenvalue weighted by Gasteiger charge is 2.25. The average molecular weight is 362 g/mol. The first-order valence-electron chi connectivity index (χ1n) is 8.78. The fraction of sp³-hybridized carbons (Fsp3) is 0.474. The number of fused-ring (bicyclic) bond motifs is 1. The molecule has 1 aliphatic rings. The molecule has 3 rings (SSSR count). The quantitative estimate of drug-likeness (QED) is 0.855. The fourth-order valence-electron chi connectivity index (χ4n) is 3.68. The molecular formula is C19H24ClN3O2. The largest absolute Gasteiger partial charge is 0.480 e. The van der Waals surface area contributed by atoms with Crippen molar-refractivity contribution < 1.29 is 9.90 Å². The Morgan fingerprint density at radius 1 is 1.36 bits per heavy atom. The molecule has 0 saturated carbocycles. The summed E-state index contributed by atoms with van der Waals surface area (Å²) in [5.74, 6) is -0.747. The number of nitrogens with zero attached hydrogens (tertiary/aromatic N) is 3. The number of benzene rings is 1. The van der Waals surface area contributed by atoms with E-state index in [-0.39, 0.29) is 6.54 Å². The van der Waals surface area contributed by atoms with Crippen LogP contribution in [-0.4, -0.2) is 58.1 Å². The van der Waals surface area contributed by atoms with Crippen LogP contribution in [0.1, 0.15) is 25.3 Å². The molecule has 2 heterocycles.